The van der Waals surface area contributed by atoms with E-state index in [2.05, 4.69) is 4.74 Å². The van der Waals surface area contributed by atoms with Crippen LogP contribution >= 0.6 is 7.37 Å². The molecule has 1 saturated heterocycles. The minimum atomic E-state index is -3.22. The Morgan fingerprint density at radius 3 is 2.69 bits per heavy atom. The fraction of sp³-hybridized carbons (Fsp3) is 0.857. The summed E-state index contributed by atoms with van der Waals surface area (Å²) in [7, 11) is 0.396. The Labute approximate surface area is 77.1 Å². The number of ether oxygens (including phenoxy) is 1. The third-order valence-corrected chi connectivity index (χ3v) is 4.51. The molecule has 1 aliphatic heterocycles. The molecule has 0 aromatic rings. The van der Waals surface area contributed by atoms with Gasteiger partial charge in [0, 0.05) is 0 Å². The molecule has 1 rings (SSSR count). The lowest BCUT2D eigenvalue weighted by atomic mass is 10.4. The van der Waals surface area contributed by atoms with Crippen LogP contribution in [0.2, 0.25) is 0 Å². The lowest BCUT2D eigenvalue weighted by molar-refractivity contribution is -0.846. The predicted octanol–water partition coefficient (Wildman–Crippen LogP) is -1.33. The van der Waals surface area contributed by atoms with Gasteiger partial charge in [0.2, 0.25) is 0 Å². The summed E-state index contributed by atoms with van der Waals surface area (Å²) in [5.41, 5.74) is -0.491. The van der Waals surface area contributed by atoms with E-state index in [1.54, 1.807) is 14.1 Å². The van der Waals surface area contributed by atoms with Gasteiger partial charge in [-0.2, -0.15) is 0 Å². The molecule has 1 aliphatic rings. The summed E-state index contributed by atoms with van der Waals surface area (Å²) in [6, 6.07) is 0. The smallest absolute Gasteiger partial charge is 0.306 e. The van der Waals surface area contributed by atoms with Gasteiger partial charge in [0.25, 0.3) is 7.37 Å². The molecule has 0 bridgehead atoms. The van der Waals surface area contributed by atoms with Crippen molar-refractivity contribution in [3.8, 4) is 0 Å². The molecule has 0 saturated carbocycles. The Morgan fingerprint density at radius 1 is 1.69 bits per heavy atom. The van der Waals surface area contributed by atoms with Crippen LogP contribution in [0.5, 0.6) is 0 Å². The molecule has 0 spiro atoms. The van der Waals surface area contributed by atoms with Crippen molar-refractivity contribution in [2.24, 2.45) is 0 Å². The summed E-state index contributed by atoms with van der Waals surface area (Å²) in [5, 5.41) is 0. The topological polar surface area (TPSA) is 68.0 Å². The molecule has 6 heteroatoms. The number of carbonyl (C=O) groups is 1. The third kappa shape index (κ3) is 2.79. The van der Waals surface area contributed by atoms with Crippen LogP contribution in [-0.4, -0.2) is 43.5 Å². The number of esters is 1. The van der Waals surface area contributed by atoms with E-state index in [-0.39, 0.29) is 25.3 Å². The van der Waals surface area contributed by atoms with Gasteiger partial charge in [-0.25, -0.2) is 0 Å². The van der Waals surface area contributed by atoms with Gasteiger partial charge in [0.05, 0.1) is 26.2 Å². The van der Waals surface area contributed by atoms with Crippen molar-refractivity contribution in [1.82, 2.24) is 0 Å². The Hall–Kier alpha value is -0.380. The first-order valence-corrected chi connectivity index (χ1v) is 6.09. The average molecular weight is 208 g/mol. The summed E-state index contributed by atoms with van der Waals surface area (Å²) in [5.74, 6) is -0.368. The molecule has 5 nitrogen and oxygen atoms in total. The third-order valence-electron chi connectivity index (χ3n) is 1.95. The maximum Gasteiger partial charge on any atom is 0.306 e. The highest BCUT2D eigenvalue weighted by Gasteiger charge is 2.40. The van der Waals surface area contributed by atoms with Crippen molar-refractivity contribution in [3.63, 3.8) is 0 Å². The van der Waals surface area contributed by atoms with E-state index in [0.717, 1.165) is 4.90 Å². The minimum Gasteiger partial charge on any atom is -0.465 e. The lowest BCUT2D eigenvalue weighted by Crippen LogP contribution is -3.05. The molecule has 76 valence electrons. The number of cyclic esters (lactones) is 1. The molecule has 2 atom stereocenters. The first-order valence-electron chi connectivity index (χ1n) is 4.18. The largest absolute Gasteiger partial charge is 0.465 e. The van der Waals surface area contributed by atoms with Crippen LogP contribution in [0.25, 0.3) is 0 Å². The van der Waals surface area contributed by atoms with Gasteiger partial charge in [0.15, 0.2) is 6.29 Å². The number of nitrogens with one attached hydrogen (secondary N) is 1. The normalized spacial score (nSPS) is 27.4. The molecule has 2 N–H and O–H groups in total. The molecule has 13 heavy (non-hydrogen) atoms. The Bertz CT molecular complexity index is 253. The highest BCUT2D eigenvalue weighted by Crippen LogP contribution is 2.47. The van der Waals surface area contributed by atoms with Gasteiger partial charge in [-0.15, -0.1) is 0 Å². The molecule has 1 fully saturated rings. The van der Waals surface area contributed by atoms with Crippen LogP contribution in [0, 0.1) is 0 Å². The van der Waals surface area contributed by atoms with Crippen molar-refractivity contribution in [3.05, 3.63) is 0 Å². The quantitative estimate of drug-likeness (QED) is 0.445. The van der Waals surface area contributed by atoms with Crippen LogP contribution in [0.1, 0.15) is 6.42 Å². The second kappa shape index (κ2) is 3.78. The standard InChI is InChI=1S/C7H14NO4P/c1-8(2)5-13(10,11)6-3-7(9)12-4-6/h6H,3-5H2,1-2H3,(H,10,11)/p+1/t6-/m0/s1. The highest BCUT2D eigenvalue weighted by molar-refractivity contribution is 7.58. The summed E-state index contributed by atoms with van der Waals surface area (Å²) in [6.07, 6.45) is 0.273. The van der Waals surface area contributed by atoms with Gasteiger partial charge in [-0.3, -0.25) is 9.36 Å². The number of hydrogen-bond acceptors (Lipinski definition) is 3. The second-order valence-electron chi connectivity index (χ2n) is 3.66. The van der Waals surface area contributed by atoms with E-state index >= 15 is 0 Å². The van der Waals surface area contributed by atoms with Gasteiger partial charge in [0.1, 0.15) is 6.61 Å². The van der Waals surface area contributed by atoms with Gasteiger partial charge < -0.3 is 14.5 Å². The van der Waals surface area contributed by atoms with E-state index in [9.17, 15) is 14.3 Å². The van der Waals surface area contributed by atoms with Crippen molar-refractivity contribution in [2.75, 3.05) is 27.0 Å². The zero-order valence-electron chi connectivity index (χ0n) is 7.82. The average Bonchev–Trinajstić information content (AvgIpc) is 2.32. The summed E-state index contributed by atoms with van der Waals surface area (Å²) in [6.45, 7) is 0.0971. The van der Waals surface area contributed by atoms with Crippen molar-refractivity contribution >= 4 is 13.3 Å². The van der Waals surface area contributed by atoms with E-state index < -0.39 is 13.0 Å². The Kier molecular flexibility index (Phi) is 3.11. The first kappa shape index (κ1) is 10.7. The number of quaternary nitrogens is 1. The minimum absolute atomic E-state index is 0.0844. The number of rotatable bonds is 3. The molecule has 0 aliphatic carbocycles. The monoisotopic (exact) mass is 208 g/mol. The van der Waals surface area contributed by atoms with Crippen molar-refractivity contribution < 1.29 is 23.9 Å². The molecule has 0 aromatic heterocycles. The predicted molar refractivity (Wildman–Crippen MR) is 46.9 cm³/mol. The zero-order valence-corrected chi connectivity index (χ0v) is 8.71. The second-order valence-corrected chi connectivity index (χ2v) is 6.22. The maximum absolute atomic E-state index is 11.7. The fourth-order valence-electron chi connectivity index (χ4n) is 1.34. The summed E-state index contributed by atoms with van der Waals surface area (Å²) >= 11 is 0. The SMILES string of the molecule is C[NH+](C)CP(=O)(O)[C@@H]1COC(=O)C1. The fourth-order valence-corrected chi connectivity index (χ4v) is 3.25. The lowest BCUT2D eigenvalue weighted by Gasteiger charge is -2.17. The van der Waals surface area contributed by atoms with Crippen LogP contribution in [0.15, 0.2) is 0 Å². The van der Waals surface area contributed by atoms with Crippen LogP contribution in [-0.2, 0) is 14.1 Å². The Balaban J connectivity index is 2.59. The van der Waals surface area contributed by atoms with Crippen LogP contribution < -0.4 is 4.90 Å². The van der Waals surface area contributed by atoms with E-state index in [1.807, 2.05) is 0 Å². The zero-order chi connectivity index (χ0) is 10.1. The maximum atomic E-state index is 11.7. The molecule has 0 amide bonds. The van der Waals surface area contributed by atoms with E-state index in [0.29, 0.717) is 0 Å². The molecule has 0 aromatic carbocycles. The van der Waals surface area contributed by atoms with E-state index in [1.165, 1.54) is 0 Å². The number of carbonyl (C=O) groups excluding carboxylic acids is 1. The summed E-state index contributed by atoms with van der Waals surface area (Å²) < 4.78 is 16.3. The van der Waals surface area contributed by atoms with Crippen molar-refractivity contribution in [2.45, 2.75) is 12.1 Å². The molecular weight excluding hydrogens is 193 g/mol. The molecular formula is C7H15NO4P+. The Morgan fingerprint density at radius 2 is 2.31 bits per heavy atom. The highest BCUT2D eigenvalue weighted by atomic mass is 31.2. The van der Waals surface area contributed by atoms with Gasteiger partial charge in [-0.05, 0) is 0 Å². The van der Waals surface area contributed by atoms with Crippen LogP contribution in [0.3, 0.4) is 0 Å². The molecule has 1 unspecified atom stereocenters. The number of hydrogen-bond donors (Lipinski definition) is 2. The van der Waals surface area contributed by atoms with Crippen LogP contribution in [0.4, 0.5) is 0 Å². The van der Waals surface area contributed by atoms with E-state index in [4.69, 9.17) is 0 Å². The van der Waals surface area contributed by atoms with Gasteiger partial charge >= 0.3 is 5.97 Å². The van der Waals surface area contributed by atoms with Crippen molar-refractivity contribution in [1.29, 1.82) is 0 Å². The van der Waals surface area contributed by atoms with Gasteiger partial charge in [-0.1, -0.05) is 0 Å². The first-order chi connectivity index (χ1) is 5.92. The molecule has 1 heterocycles. The molecule has 0 radical (unpaired) electrons. The summed E-state index contributed by atoms with van der Waals surface area (Å²) in [4.78, 5) is 21.2.